The predicted molar refractivity (Wildman–Crippen MR) is 121 cm³/mol. The number of nitrogens with one attached hydrogen (secondary N) is 1. The Kier molecular flexibility index (Phi) is 6.62. The summed E-state index contributed by atoms with van der Waals surface area (Å²) in [7, 11) is 0. The molecule has 0 saturated carbocycles. The summed E-state index contributed by atoms with van der Waals surface area (Å²) < 4.78 is 27.0. The Bertz CT molecular complexity index is 1050. The van der Waals surface area contributed by atoms with Crippen molar-refractivity contribution in [3.8, 4) is 0 Å². The van der Waals surface area contributed by atoms with Crippen LogP contribution in [-0.2, 0) is 4.79 Å². The smallest absolute Gasteiger partial charge is 0.264 e. The van der Waals surface area contributed by atoms with Crippen molar-refractivity contribution in [1.82, 2.24) is 9.80 Å². The first-order chi connectivity index (χ1) is 15.4. The number of rotatable bonds is 5. The summed E-state index contributed by atoms with van der Waals surface area (Å²) >= 11 is 1.26. The average molecular weight is 456 g/mol. The van der Waals surface area contributed by atoms with E-state index in [4.69, 9.17) is 0 Å². The van der Waals surface area contributed by atoms with Gasteiger partial charge < -0.3 is 10.2 Å². The molecule has 0 radical (unpaired) electrons. The highest BCUT2D eigenvalue weighted by Crippen LogP contribution is 2.31. The van der Waals surface area contributed by atoms with Crippen molar-refractivity contribution in [2.75, 3.05) is 31.5 Å². The van der Waals surface area contributed by atoms with Crippen LogP contribution in [-0.4, -0.2) is 47.8 Å². The number of anilines is 1. The lowest BCUT2D eigenvalue weighted by Crippen LogP contribution is -2.49. The highest BCUT2D eigenvalue weighted by Gasteiger charge is 2.29. The molecule has 1 aromatic heterocycles. The molecule has 0 unspecified atom stereocenters. The topological polar surface area (TPSA) is 52.7 Å². The normalized spacial score (nSPS) is 14.6. The minimum Gasteiger partial charge on any atom is -0.335 e. The molecule has 0 aliphatic carbocycles. The van der Waals surface area contributed by atoms with Gasteiger partial charge in [0.15, 0.2) is 0 Å². The molecule has 8 heteroatoms. The molecule has 32 heavy (non-hydrogen) atoms. The second kappa shape index (κ2) is 9.58. The van der Waals surface area contributed by atoms with Gasteiger partial charge in [0.2, 0.25) is 5.91 Å². The van der Waals surface area contributed by atoms with Crippen LogP contribution in [0.1, 0.15) is 33.8 Å². The summed E-state index contributed by atoms with van der Waals surface area (Å²) in [6, 6.07) is 16.0. The highest BCUT2D eigenvalue weighted by molar-refractivity contribution is 7.18. The van der Waals surface area contributed by atoms with Crippen LogP contribution in [0, 0.1) is 11.6 Å². The number of thiophene rings is 1. The molecule has 1 aliphatic rings. The third-order valence-corrected chi connectivity index (χ3v) is 6.44. The summed E-state index contributed by atoms with van der Waals surface area (Å²) in [5.74, 6) is -0.855. The van der Waals surface area contributed by atoms with Gasteiger partial charge in [-0.15, -0.1) is 11.3 Å². The van der Waals surface area contributed by atoms with E-state index in [1.807, 2.05) is 0 Å². The lowest BCUT2D eigenvalue weighted by atomic mass is 9.96. The molecule has 4 rings (SSSR count). The fourth-order valence-corrected chi connectivity index (χ4v) is 4.86. The fraction of sp³-hybridized carbons (Fsp3) is 0.250. The molecule has 1 aliphatic heterocycles. The molecule has 1 fully saturated rings. The molecule has 1 saturated heterocycles. The Morgan fingerprint density at radius 2 is 1.38 bits per heavy atom. The first kappa shape index (κ1) is 22.1. The summed E-state index contributed by atoms with van der Waals surface area (Å²) in [5, 5.41) is 3.34. The Morgan fingerprint density at radius 3 is 1.88 bits per heavy atom. The van der Waals surface area contributed by atoms with E-state index in [-0.39, 0.29) is 29.5 Å². The minimum absolute atomic E-state index is 0.0635. The van der Waals surface area contributed by atoms with E-state index >= 15 is 0 Å². The third kappa shape index (κ3) is 5.03. The van der Waals surface area contributed by atoms with Gasteiger partial charge >= 0.3 is 0 Å². The number of benzene rings is 2. The molecule has 0 bridgehead atoms. The number of carbonyl (C=O) groups excluding carboxylic acids is 2. The van der Waals surface area contributed by atoms with Crippen LogP contribution in [0.4, 0.5) is 13.8 Å². The van der Waals surface area contributed by atoms with Crippen LogP contribution in [0.25, 0.3) is 0 Å². The van der Waals surface area contributed by atoms with E-state index in [2.05, 4.69) is 10.2 Å². The maximum absolute atomic E-state index is 13.5. The van der Waals surface area contributed by atoms with Crippen molar-refractivity contribution >= 4 is 28.2 Å². The van der Waals surface area contributed by atoms with Crippen molar-refractivity contribution in [2.24, 2.45) is 0 Å². The molecule has 2 amide bonds. The predicted octanol–water partition coefficient (Wildman–Crippen LogP) is 4.53. The zero-order chi connectivity index (χ0) is 22.7. The van der Waals surface area contributed by atoms with Gasteiger partial charge in [0.05, 0.1) is 15.9 Å². The Morgan fingerprint density at radius 1 is 0.844 bits per heavy atom. The summed E-state index contributed by atoms with van der Waals surface area (Å²) in [4.78, 5) is 28.7. The molecule has 0 spiro atoms. The van der Waals surface area contributed by atoms with E-state index in [1.54, 1.807) is 41.3 Å². The number of hydrogen-bond donors (Lipinski definition) is 1. The number of amides is 2. The SMILES string of the molecule is CC(=O)Nc1ccc(C(=O)N2CCN(C(c3ccc(F)cc3)c3ccc(F)cc3)CC2)s1. The number of halogens is 2. The molecular formula is C24H23F2N3O2S. The van der Waals surface area contributed by atoms with Crippen molar-refractivity contribution < 1.29 is 18.4 Å². The van der Waals surface area contributed by atoms with Crippen LogP contribution >= 0.6 is 11.3 Å². The molecule has 2 heterocycles. The van der Waals surface area contributed by atoms with E-state index in [1.165, 1.54) is 42.5 Å². The largest absolute Gasteiger partial charge is 0.335 e. The second-order valence-corrected chi connectivity index (χ2v) is 8.76. The van der Waals surface area contributed by atoms with Crippen LogP contribution in [0.2, 0.25) is 0 Å². The van der Waals surface area contributed by atoms with Crippen LogP contribution in [0.15, 0.2) is 60.7 Å². The molecule has 166 valence electrons. The quantitative estimate of drug-likeness (QED) is 0.615. The first-order valence-electron chi connectivity index (χ1n) is 10.3. The zero-order valence-corrected chi connectivity index (χ0v) is 18.4. The standard InChI is InChI=1S/C24H23F2N3O2S/c1-16(30)27-22-11-10-21(32-22)24(31)29-14-12-28(13-15-29)23(17-2-6-19(25)7-3-17)18-4-8-20(26)9-5-18/h2-11,23H,12-15H2,1H3,(H,27,30). The highest BCUT2D eigenvalue weighted by atomic mass is 32.1. The molecule has 5 nitrogen and oxygen atoms in total. The van der Waals surface area contributed by atoms with E-state index in [9.17, 15) is 18.4 Å². The van der Waals surface area contributed by atoms with Gasteiger partial charge in [0.1, 0.15) is 11.6 Å². The zero-order valence-electron chi connectivity index (χ0n) is 17.6. The summed E-state index contributed by atoms with van der Waals surface area (Å²) in [5.41, 5.74) is 1.83. The molecule has 2 aromatic carbocycles. The van der Waals surface area contributed by atoms with Gasteiger partial charge in [-0.3, -0.25) is 14.5 Å². The van der Waals surface area contributed by atoms with E-state index < -0.39 is 0 Å². The van der Waals surface area contributed by atoms with Gasteiger partial charge in [0.25, 0.3) is 5.91 Å². The maximum atomic E-state index is 13.5. The van der Waals surface area contributed by atoms with Gasteiger partial charge in [-0.05, 0) is 47.5 Å². The van der Waals surface area contributed by atoms with E-state index in [0.717, 1.165) is 11.1 Å². The maximum Gasteiger partial charge on any atom is 0.264 e. The fourth-order valence-electron chi connectivity index (χ4n) is 3.94. The van der Waals surface area contributed by atoms with E-state index in [0.29, 0.717) is 36.1 Å². The monoisotopic (exact) mass is 455 g/mol. The Balaban J connectivity index is 1.49. The Labute approximate surface area is 189 Å². The van der Waals surface area contributed by atoms with Gasteiger partial charge in [0, 0.05) is 33.1 Å². The molecular weight excluding hydrogens is 432 g/mol. The van der Waals surface area contributed by atoms with Crippen LogP contribution < -0.4 is 5.32 Å². The average Bonchev–Trinajstić information content (AvgIpc) is 3.24. The van der Waals surface area contributed by atoms with Crippen molar-refractivity contribution in [3.63, 3.8) is 0 Å². The van der Waals surface area contributed by atoms with Gasteiger partial charge in [-0.1, -0.05) is 24.3 Å². The summed E-state index contributed by atoms with van der Waals surface area (Å²) in [6.07, 6.45) is 0. The van der Waals surface area contributed by atoms with Crippen LogP contribution in [0.5, 0.6) is 0 Å². The lowest BCUT2D eigenvalue weighted by molar-refractivity contribution is -0.114. The van der Waals surface area contributed by atoms with Gasteiger partial charge in [-0.2, -0.15) is 0 Å². The van der Waals surface area contributed by atoms with Crippen molar-refractivity contribution in [1.29, 1.82) is 0 Å². The lowest BCUT2D eigenvalue weighted by Gasteiger charge is -2.39. The molecule has 0 atom stereocenters. The minimum atomic E-state index is -0.309. The van der Waals surface area contributed by atoms with Gasteiger partial charge in [-0.25, -0.2) is 8.78 Å². The number of nitrogens with zero attached hydrogens (tertiary/aromatic N) is 2. The van der Waals surface area contributed by atoms with Crippen molar-refractivity contribution in [3.05, 3.63) is 88.3 Å². The number of hydrogen-bond acceptors (Lipinski definition) is 4. The van der Waals surface area contributed by atoms with Crippen molar-refractivity contribution in [2.45, 2.75) is 13.0 Å². The molecule has 1 N–H and O–H groups in total. The molecule has 3 aromatic rings. The number of piperazine rings is 1. The second-order valence-electron chi connectivity index (χ2n) is 7.68. The first-order valence-corrected chi connectivity index (χ1v) is 11.1. The number of carbonyl (C=O) groups is 2. The third-order valence-electron chi connectivity index (χ3n) is 5.45. The van der Waals surface area contributed by atoms with Crippen LogP contribution in [0.3, 0.4) is 0 Å². The summed E-state index contributed by atoms with van der Waals surface area (Å²) in [6.45, 7) is 3.74. The Hall–Kier alpha value is -3.10.